The average Bonchev–Trinajstić information content (AvgIpc) is 2.80. The molecule has 3 N–H and O–H groups in total. The van der Waals surface area contributed by atoms with Gasteiger partial charge in [0.1, 0.15) is 5.82 Å². The van der Waals surface area contributed by atoms with Crippen molar-refractivity contribution in [1.82, 2.24) is 9.97 Å². The molecular weight excluding hydrogens is 572 g/mol. The van der Waals surface area contributed by atoms with Crippen LogP contribution < -0.4 is 10.6 Å². The fourth-order valence-corrected chi connectivity index (χ4v) is 5.93. The highest BCUT2D eigenvalue weighted by molar-refractivity contribution is 9.10. The molecule has 0 aliphatic carbocycles. The van der Waals surface area contributed by atoms with Crippen LogP contribution in [-0.4, -0.2) is 46.3 Å². The van der Waals surface area contributed by atoms with Crippen molar-refractivity contribution >= 4 is 59.8 Å². The summed E-state index contributed by atoms with van der Waals surface area (Å²) < 4.78 is 29.8. The quantitative estimate of drug-likeness (QED) is 0.236. The molecule has 0 aliphatic rings. The second kappa shape index (κ2) is 11.0. The first-order chi connectivity index (χ1) is 16.8. The van der Waals surface area contributed by atoms with Crippen LogP contribution in [-0.2, 0) is 20.7 Å². The fourth-order valence-electron chi connectivity index (χ4n) is 2.75. The van der Waals surface area contributed by atoms with Crippen molar-refractivity contribution in [3.63, 3.8) is 0 Å². The lowest BCUT2D eigenvalue weighted by molar-refractivity contribution is -0.384. The number of aromatic nitrogens is 2. The normalized spacial score (nSPS) is 13.7. The van der Waals surface area contributed by atoms with E-state index < -0.39 is 31.2 Å². The van der Waals surface area contributed by atoms with Crippen LogP contribution in [0, 0.1) is 10.1 Å². The van der Waals surface area contributed by atoms with Gasteiger partial charge in [-0.25, -0.2) is 4.98 Å². The third-order valence-electron chi connectivity index (χ3n) is 5.16. The van der Waals surface area contributed by atoms with Gasteiger partial charge in [-0.15, -0.1) is 3.77 Å². The Hall–Kier alpha value is -2.94. The minimum Gasteiger partial charge on any atom is -0.388 e. The van der Waals surface area contributed by atoms with E-state index in [1.54, 1.807) is 50.6 Å². The Labute approximate surface area is 219 Å². The number of nitrogens with zero attached hydrogens (tertiary/aromatic N) is 4. The molecule has 0 aliphatic heterocycles. The zero-order valence-corrected chi connectivity index (χ0v) is 23.1. The van der Waals surface area contributed by atoms with Crippen LogP contribution in [0.2, 0.25) is 0 Å². The average molecular weight is 598 g/mol. The third kappa shape index (κ3) is 7.06. The molecule has 14 heteroatoms. The molecule has 1 unspecified atom stereocenters. The second-order valence-corrected chi connectivity index (χ2v) is 12.6. The van der Waals surface area contributed by atoms with Gasteiger partial charge < -0.3 is 15.7 Å². The molecule has 0 saturated carbocycles. The van der Waals surface area contributed by atoms with Gasteiger partial charge >= 0.3 is 0 Å². The number of rotatable bonds is 9. The summed E-state index contributed by atoms with van der Waals surface area (Å²) in [5.41, 5.74) is -0.475. The molecule has 192 valence electrons. The molecule has 0 saturated heterocycles. The van der Waals surface area contributed by atoms with E-state index in [9.17, 15) is 23.6 Å². The molecule has 1 heterocycles. The van der Waals surface area contributed by atoms with Gasteiger partial charge in [0.15, 0.2) is 0 Å². The number of hydrogen-bond donors (Lipinski definition) is 3. The Morgan fingerprint density at radius 2 is 1.78 bits per heavy atom. The van der Waals surface area contributed by atoms with Crippen molar-refractivity contribution in [2.75, 3.05) is 16.9 Å². The monoisotopic (exact) mass is 596 g/mol. The molecule has 0 spiro atoms. The van der Waals surface area contributed by atoms with Crippen LogP contribution >= 0.6 is 15.9 Å². The molecule has 0 amide bonds. The molecular formula is C22H25BrN6O5S2. The van der Waals surface area contributed by atoms with Crippen molar-refractivity contribution < 1.29 is 18.4 Å². The third-order valence-corrected chi connectivity index (χ3v) is 9.25. The Balaban J connectivity index is 1.75. The van der Waals surface area contributed by atoms with Crippen molar-refractivity contribution in [2.45, 2.75) is 42.2 Å². The van der Waals surface area contributed by atoms with Crippen LogP contribution in [0.25, 0.3) is 0 Å². The lowest BCUT2D eigenvalue weighted by Crippen LogP contribution is -2.39. The number of halogens is 1. The maximum absolute atomic E-state index is 12.6. The number of anilines is 3. The van der Waals surface area contributed by atoms with Crippen molar-refractivity contribution in [3.8, 4) is 0 Å². The molecule has 1 aromatic heterocycles. The number of non-ortho nitro benzene ring substituents is 1. The number of aliphatic hydroxyl groups is 1. The van der Waals surface area contributed by atoms with E-state index in [0.29, 0.717) is 26.8 Å². The Morgan fingerprint density at radius 1 is 1.17 bits per heavy atom. The Bertz CT molecular complexity index is 1390. The standard InChI is InChI=1S/C22H25BrN6O5S2/c1-14(22(2,3)30)25-20-19(23)13-24-21(27-20)26-15-5-9-17(10-6-15)35(4)28-36(33,34)18-11-7-16(8-12-18)29(31)32/h5-14,30H,1-4H3,(H2,24,25,26,27)/t14-,35?/m1/s1. The summed E-state index contributed by atoms with van der Waals surface area (Å²) in [6, 6.07) is 11.3. The van der Waals surface area contributed by atoms with Crippen molar-refractivity contribution in [2.24, 2.45) is 3.77 Å². The highest BCUT2D eigenvalue weighted by Gasteiger charge is 2.23. The fraction of sp³-hybridized carbons (Fsp3) is 0.273. The minimum atomic E-state index is -3.99. The van der Waals surface area contributed by atoms with Gasteiger partial charge in [0.25, 0.3) is 15.7 Å². The molecule has 11 nitrogen and oxygen atoms in total. The van der Waals surface area contributed by atoms with Crippen molar-refractivity contribution in [1.29, 1.82) is 0 Å². The number of nitro groups is 1. The van der Waals surface area contributed by atoms with Gasteiger partial charge in [-0.1, -0.05) is 10.7 Å². The van der Waals surface area contributed by atoms with Gasteiger partial charge in [-0.3, -0.25) is 10.1 Å². The second-order valence-electron chi connectivity index (χ2n) is 8.34. The zero-order valence-electron chi connectivity index (χ0n) is 19.8. The lowest BCUT2D eigenvalue weighted by Gasteiger charge is -2.27. The summed E-state index contributed by atoms with van der Waals surface area (Å²) in [4.78, 5) is 19.5. The summed E-state index contributed by atoms with van der Waals surface area (Å²) in [6.45, 7) is 5.24. The van der Waals surface area contributed by atoms with E-state index in [0.717, 1.165) is 12.1 Å². The van der Waals surface area contributed by atoms with Gasteiger partial charge in [0.05, 0.1) is 25.9 Å². The van der Waals surface area contributed by atoms with Gasteiger partial charge in [0.2, 0.25) is 5.95 Å². The predicted octanol–water partition coefficient (Wildman–Crippen LogP) is 4.64. The maximum atomic E-state index is 12.6. The molecule has 2 aromatic carbocycles. The largest absolute Gasteiger partial charge is 0.388 e. The highest BCUT2D eigenvalue weighted by Crippen LogP contribution is 2.25. The first-order valence-corrected chi connectivity index (χ1v) is 14.4. The van der Waals surface area contributed by atoms with Gasteiger partial charge in [-0.2, -0.15) is 13.4 Å². The molecule has 36 heavy (non-hydrogen) atoms. The SMILES string of the molecule is C[C@@H](Nc1nc(Nc2ccc(S(C)=NS(=O)(=O)c3ccc([N+](=O)[O-])cc3)cc2)ncc1Br)C(C)(C)O. The summed E-state index contributed by atoms with van der Waals surface area (Å²) in [6.07, 6.45) is 3.26. The number of benzene rings is 2. The molecule has 0 fully saturated rings. The Kier molecular flexibility index (Phi) is 8.44. The zero-order chi connectivity index (χ0) is 26.7. The molecule has 0 radical (unpaired) electrons. The van der Waals surface area contributed by atoms with Crippen LogP contribution in [0.3, 0.4) is 0 Å². The highest BCUT2D eigenvalue weighted by atomic mass is 79.9. The number of nitrogens with one attached hydrogen (secondary N) is 2. The van der Waals surface area contributed by atoms with E-state index in [-0.39, 0.29) is 16.6 Å². The van der Waals surface area contributed by atoms with Gasteiger partial charge in [-0.05, 0) is 79.4 Å². The van der Waals surface area contributed by atoms with E-state index in [1.165, 1.54) is 12.1 Å². The maximum Gasteiger partial charge on any atom is 0.288 e. The number of nitro benzene ring substituents is 1. The molecule has 2 atom stereocenters. The summed E-state index contributed by atoms with van der Waals surface area (Å²) in [5.74, 6) is 0.849. The van der Waals surface area contributed by atoms with E-state index >= 15 is 0 Å². The first kappa shape index (κ1) is 27.6. The topological polar surface area (TPSA) is 160 Å². The van der Waals surface area contributed by atoms with Crippen LogP contribution in [0.1, 0.15) is 20.8 Å². The summed E-state index contributed by atoms with van der Waals surface area (Å²) >= 11 is 3.40. The van der Waals surface area contributed by atoms with E-state index in [2.05, 4.69) is 40.3 Å². The first-order valence-electron chi connectivity index (χ1n) is 10.5. The van der Waals surface area contributed by atoms with Crippen molar-refractivity contribution in [3.05, 3.63) is 69.3 Å². The Morgan fingerprint density at radius 3 is 2.33 bits per heavy atom. The lowest BCUT2D eigenvalue weighted by atomic mass is 10.0. The summed E-state index contributed by atoms with van der Waals surface area (Å²) in [5, 5.41) is 27.2. The van der Waals surface area contributed by atoms with Gasteiger partial charge in [0, 0.05) is 28.9 Å². The molecule has 3 rings (SSSR count). The van der Waals surface area contributed by atoms with E-state index in [4.69, 9.17) is 0 Å². The van der Waals surface area contributed by atoms with E-state index in [1.807, 2.05) is 6.92 Å². The molecule has 3 aromatic rings. The van der Waals surface area contributed by atoms with Crippen LogP contribution in [0.4, 0.5) is 23.1 Å². The van der Waals surface area contributed by atoms with Crippen LogP contribution in [0.5, 0.6) is 0 Å². The number of sulfonamides is 1. The predicted molar refractivity (Wildman–Crippen MR) is 143 cm³/mol. The molecule has 0 bridgehead atoms. The minimum absolute atomic E-state index is 0.110. The van der Waals surface area contributed by atoms with Crippen LogP contribution in [0.15, 0.2) is 72.8 Å². The number of hydrogen-bond acceptors (Lipinski definition) is 9. The smallest absolute Gasteiger partial charge is 0.288 e. The summed E-state index contributed by atoms with van der Waals surface area (Å²) in [7, 11) is -4.98.